The van der Waals surface area contributed by atoms with Gasteiger partial charge in [0.1, 0.15) is 5.52 Å². The molecule has 2 heterocycles. The zero-order valence-electron chi connectivity index (χ0n) is 15.0. The second-order valence-electron chi connectivity index (χ2n) is 7.28. The quantitative estimate of drug-likeness (QED) is 0.867. The number of aromatic nitrogens is 3. The molecule has 1 aliphatic carbocycles. The van der Waals surface area contributed by atoms with Crippen LogP contribution in [0.5, 0.6) is 0 Å². The first-order chi connectivity index (χ1) is 12.1. The summed E-state index contributed by atoms with van der Waals surface area (Å²) in [7, 11) is 0. The van der Waals surface area contributed by atoms with Crippen molar-refractivity contribution < 1.29 is 4.79 Å². The van der Waals surface area contributed by atoms with Crippen molar-refractivity contribution in [1.82, 2.24) is 19.9 Å². The van der Waals surface area contributed by atoms with Crippen molar-refractivity contribution in [2.45, 2.75) is 65.0 Å². The normalized spacial score (nSPS) is 16.1. The van der Waals surface area contributed by atoms with Crippen LogP contribution in [-0.4, -0.2) is 26.5 Å². The van der Waals surface area contributed by atoms with Crippen molar-refractivity contribution in [3.63, 3.8) is 0 Å². The van der Waals surface area contributed by atoms with Crippen LogP contribution < -0.4 is 10.9 Å². The van der Waals surface area contributed by atoms with Crippen LogP contribution in [0.15, 0.2) is 23.1 Å². The molecule has 1 N–H and O–H groups in total. The maximum absolute atomic E-state index is 12.9. The van der Waals surface area contributed by atoms with Crippen LogP contribution in [-0.2, 0) is 6.54 Å². The molecule has 134 valence electrons. The molecule has 6 nitrogen and oxygen atoms in total. The van der Waals surface area contributed by atoms with Crippen molar-refractivity contribution in [3.05, 3.63) is 34.4 Å². The molecule has 0 unspecified atom stereocenters. The van der Waals surface area contributed by atoms with Crippen LogP contribution in [0, 0.1) is 5.92 Å². The van der Waals surface area contributed by atoms with Gasteiger partial charge in [-0.05, 0) is 30.9 Å². The number of nitrogens with zero attached hydrogens (tertiary/aromatic N) is 3. The van der Waals surface area contributed by atoms with E-state index in [2.05, 4.69) is 15.3 Å². The fourth-order valence-corrected chi connectivity index (χ4v) is 3.44. The summed E-state index contributed by atoms with van der Waals surface area (Å²) >= 11 is 0. The van der Waals surface area contributed by atoms with E-state index in [9.17, 15) is 9.59 Å². The average molecular weight is 342 g/mol. The first kappa shape index (κ1) is 17.6. The van der Waals surface area contributed by atoms with Gasteiger partial charge in [-0.15, -0.1) is 0 Å². The summed E-state index contributed by atoms with van der Waals surface area (Å²) in [5.41, 5.74) is 0.734. The van der Waals surface area contributed by atoms with Crippen molar-refractivity contribution in [3.8, 4) is 0 Å². The third-order valence-corrected chi connectivity index (χ3v) is 4.65. The largest absolute Gasteiger partial charge is 0.348 e. The molecule has 25 heavy (non-hydrogen) atoms. The Morgan fingerprint density at radius 2 is 2.00 bits per heavy atom. The molecule has 0 spiro atoms. The van der Waals surface area contributed by atoms with Crippen LogP contribution in [0.1, 0.15) is 62.9 Å². The molecule has 0 atom stereocenters. The second kappa shape index (κ2) is 7.76. The van der Waals surface area contributed by atoms with Gasteiger partial charge in [0.2, 0.25) is 0 Å². The van der Waals surface area contributed by atoms with E-state index >= 15 is 0 Å². The van der Waals surface area contributed by atoms with Gasteiger partial charge < -0.3 is 5.32 Å². The number of carbonyl (C=O) groups excluding carboxylic acids is 1. The molecule has 1 aliphatic rings. The molecule has 0 bridgehead atoms. The summed E-state index contributed by atoms with van der Waals surface area (Å²) in [5.74, 6) is -0.0942. The minimum atomic E-state index is -0.361. The van der Waals surface area contributed by atoms with Gasteiger partial charge in [-0.3, -0.25) is 14.2 Å². The van der Waals surface area contributed by atoms with E-state index in [0.717, 1.165) is 25.7 Å². The van der Waals surface area contributed by atoms with Crippen molar-refractivity contribution in [2.75, 3.05) is 0 Å². The Labute approximate surface area is 147 Å². The number of hydrogen-bond donors (Lipinski definition) is 1. The maximum Gasteiger partial charge on any atom is 0.283 e. The average Bonchev–Trinajstić information content (AvgIpc) is 2.85. The van der Waals surface area contributed by atoms with Crippen molar-refractivity contribution in [2.24, 2.45) is 5.92 Å². The molecule has 0 aromatic carbocycles. The molecule has 0 radical (unpaired) electrons. The Balaban J connectivity index is 1.96. The van der Waals surface area contributed by atoms with E-state index in [4.69, 9.17) is 0 Å². The van der Waals surface area contributed by atoms with E-state index in [0.29, 0.717) is 17.7 Å². The number of hydrogen-bond acceptors (Lipinski definition) is 4. The van der Waals surface area contributed by atoms with E-state index in [1.54, 1.807) is 22.9 Å². The fourth-order valence-electron chi connectivity index (χ4n) is 3.44. The Kier molecular flexibility index (Phi) is 5.46. The highest BCUT2D eigenvalue weighted by atomic mass is 16.2. The van der Waals surface area contributed by atoms with Crippen LogP contribution in [0.3, 0.4) is 0 Å². The van der Waals surface area contributed by atoms with Gasteiger partial charge in [0.25, 0.3) is 11.5 Å². The Morgan fingerprint density at radius 1 is 1.28 bits per heavy atom. The van der Waals surface area contributed by atoms with Crippen LogP contribution in [0.25, 0.3) is 11.2 Å². The third kappa shape index (κ3) is 4.06. The maximum atomic E-state index is 12.9. The highest BCUT2D eigenvalue weighted by Crippen LogP contribution is 2.17. The molecule has 0 saturated heterocycles. The summed E-state index contributed by atoms with van der Waals surface area (Å²) in [4.78, 5) is 34.2. The molecule has 6 heteroatoms. The predicted molar refractivity (Wildman–Crippen MR) is 97.6 cm³/mol. The van der Waals surface area contributed by atoms with Gasteiger partial charge in [-0.1, -0.05) is 39.5 Å². The Bertz CT molecular complexity index is 805. The lowest BCUT2D eigenvalue weighted by Crippen LogP contribution is -2.40. The van der Waals surface area contributed by atoms with Gasteiger partial charge in [-0.2, -0.15) is 0 Å². The van der Waals surface area contributed by atoms with E-state index < -0.39 is 0 Å². The molecule has 3 rings (SSSR count). The Morgan fingerprint density at radius 3 is 2.68 bits per heavy atom. The van der Waals surface area contributed by atoms with Gasteiger partial charge in [-0.25, -0.2) is 9.97 Å². The molecule has 0 aliphatic heterocycles. The zero-order chi connectivity index (χ0) is 17.8. The fraction of sp³-hybridized carbons (Fsp3) is 0.579. The molecular formula is C19H26N4O2. The van der Waals surface area contributed by atoms with Gasteiger partial charge in [0.15, 0.2) is 11.3 Å². The first-order valence-corrected chi connectivity index (χ1v) is 9.22. The highest BCUT2D eigenvalue weighted by Gasteiger charge is 2.22. The minimum absolute atomic E-state index is 0.0228. The lowest BCUT2D eigenvalue weighted by Gasteiger charge is -2.17. The van der Waals surface area contributed by atoms with E-state index in [-0.39, 0.29) is 29.1 Å². The molecule has 2 aromatic heterocycles. The van der Waals surface area contributed by atoms with Crippen LogP contribution in [0.4, 0.5) is 0 Å². The minimum Gasteiger partial charge on any atom is -0.348 e. The summed E-state index contributed by atoms with van der Waals surface area (Å²) in [6.07, 6.45) is 8.27. The van der Waals surface area contributed by atoms with Crippen molar-refractivity contribution in [1.29, 1.82) is 0 Å². The van der Waals surface area contributed by atoms with E-state index in [1.165, 1.54) is 12.8 Å². The van der Waals surface area contributed by atoms with E-state index in [1.807, 2.05) is 13.8 Å². The number of pyridine rings is 1. The molecule has 1 saturated carbocycles. The summed E-state index contributed by atoms with van der Waals surface area (Å²) in [6.45, 7) is 4.58. The van der Waals surface area contributed by atoms with Crippen LogP contribution >= 0.6 is 0 Å². The Hall–Kier alpha value is -2.24. The molecule has 2 aromatic rings. The lowest BCUT2D eigenvalue weighted by atomic mass is 10.1. The lowest BCUT2D eigenvalue weighted by molar-refractivity contribution is 0.0926. The number of amides is 1. The predicted octanol–water partition coefficient (Wildman–Crippen LogP) is 2.90. The van der Waals surface area contributed by atoms with Gasteiger partial charge >= 0.3 is 0 Å². The van der Waals surface area contributed by atoms with Crippen molar-refractivity contribution >= 4 is 17.1 Å². The summed E-state index contributed by atoms with van der Waals surface area (Å²) in [5, 5.41) is 3.03. The van der Waals surface area contributed by atoms with Gasteiger partial charge in [0.05, 0.1) is 0 Å². The number of carbonyl (C=O) groups is 1. The summed E-state index contributed by atoms with van der Waals surface area (Å²) in [6, 6.07) is 3.70. The monoisotopic (exact) mass is 342 g/mol. The smallest absolute Gasteiger partial charge is 0.283 e. The number of rotatable bonds is 4. The van der Waals surface area contributed by atoms with Gasteiger partial charge in [0, 0.05) is 18.8 Å². The number of fused-ring (bicyclic) bond motifs is 1. The number of nitrogens with one attached hydrogen (secondary N) is 1. The molecule has 1 fully saturated rings. The summed E-state index contributed by atoms with van der Waals surface area (Å²) < 4.78 is 1.58. The standard InChI is InChI=1S/C19H26N4O2/c1-13(2)12-23-17-15(10-7-11-20-17)22-16(19(23)25)18(24)21-14-8-5-3-4-6-9-14/h7,10-11,13-14H,3-6,8-9,12H2,1-2H3,(H,21,24). The second-order valence-corrected chi connectivity index (χ2v) is 7.28. The molecule has 1 amide bonds. The molecular weight excluding hydrogens is 316 g/mol. The topological polar surface area (TPSA) is 76.9 Å². The van der Waals surface area contributed by atoms with Crippen LogP contribution in [0.2, 0.25) is 0 Å². The third-order valence-electron chi connectivity index (χ3n) is 4.65. The first-order valence-electron chi connectivity index (χ1n) is 9.22. The SMILES string of the molecule is CC(C)Cn1c(=O)c(C(=O)NC2CCCCCC2)nc2cccnc21. The zero-order valence-corrected chi connectivity index (χ0v) is 15.0. The highest BCUT2D eigenvalue weighted by molar-refractivity contribution is 5.93.